The van der Waals surface area contributed by atoms with E-state index in [-0.39, 0.29) is 18.0 Å². The van der Waals surface area contributed by atoms with Gasteiger partial charge in [-0.2, -0.15) is 0 Å². The van der Waals surface area contributed by atoms with E-state index in [0.29, 0.717) is 12.5 Å². The van der Waals surface area contributed by atoms with Gasteiger partial charge in [-0.1, -0.05) is 30.7 Å². The molecule has 1 heterocycles. The second kappa shape index (κ2) is 8.66. The van der Waals surface area contributed by atoms with Crippen LogP contribution >= 0.6 is 0 Å². The van der Waals surface area contributed by atoms with Gasteiger partial charge in [-0.05, 0) is 36.1 Å². The van der Waals surface area contributed by atoms with Crippen molar-refractivity contribution < 1.29 is 14.5 Å². The molecule has 0 aromatic heterocycles. The number of non-ortho nitro benzene ring substituents is 1. The number of hydrogen-bond acceptors (Lipinski definition) is 4. The van der Waals surface area contributed by atoms with Gasteiger partial charge in [-0.25, -0.2) is 0 Å². The van der Waals surface area contributed by atoms with Crippen molar-refractivity contribution >= 4 is 11.6 Å². The Hall–Kier alpha value is -2.89. The number of likely N-dealkylation sites (tertiary alicyclic amines) is 1. The van der Waals surface area contributed by atoms with Crippen LogP contribution in [0.4, 0.5) is 5.69 Å². The minimum atomic E-state index is -0.431. The molecule has 27 heavy (non-hydrogen) atoms. The summed E-state index contributed by atoms with van der Waals surface area (Å²) < 4.78 is 5.22. The highest BCUT2D eigenvalue weighted by Crippen LogP contribution is 2.28. The van der Waals surface area contributed by atoms with Crippen LogP contribution in [-0.2, 0) is 11.2 Å². The Balaban J connectivity index is 1.66. The van der Waals surface area contributed by atoms with Crippen LogP contribution in [0, 0.1) is 10.1 Å². The molecule has 1 saturated heterocycles. The zero-order valence-corrected chi connectivity index (χ0v) is 15.5. The molecule has 2 aromatic carbocycles. The molecule has 0 N–H and O–H groups in total. The van der Waals surface area contributed by atoms with Gasteiger partial charge in [-0.3, -0.25) is 14.9 Å². The Labute approximate surface area is 158 Å². The maximum absolute atomic E-state index is 12.8. The molecule has 142 valence electrons. The van der Waals surface area contributed by atoms with Crippen molar-refractivity contribution in [3.63, 3.8) is 0 Å². The highest BCUT2D eigenvalue weighted by molar-refractivity contribution is 5.79. The molecule has 1 aliphatic rings. The molecule has 1 atom stereocenters. The van der Waals surface area contributed by atoms with E-state index >= 15 is 0 Å². The molecule has 0 radical (unpaired) electrons. The zero-order valence-electron chi connectivity index (χ0n) is 15.5. The first-order valence-corrected chi connectivity index (χ1v) is 9.22. The maximum Gasteiger partial charge on any atom is 0.269 e. The van der Waals surface area contributed by atoms with Crippen molar-refractivity contribution in [3.8, 4) is 5.75 Å². The number of amides is 1. The van der Waals surface area contributed by atoms with Crippen molar-refractivity contribution in [2.75, 3.05) is 20.2 Å². The number of benzene rings is 2. The molecule has 1 amide bonds. The average molecular weight is 368 g/mol. The van der Waals surface area contributed by atoms with Gasteiger partial charge in [0.05, 0.1) is 18.5 Å². The van der Waals surface area contributed by atoms with Crippen molar-refractivity contribution in [1.82, 2.24) is 4.90 Å². The SMILES string of the molecule is COc1ccc(C2CCCCN(C(=O)Cc3ccc([N+](=O)[O-])cc3)C2)cc1. The fourth-order valence-corrected chi connectivity index (χ4v) is 3.54. The summed E-state index contributed by atoms with van der Waals surface area (Å²) in [5.74, 6) is 1.22. The number of nitro groups is 1. The first-order chi connectivity index (χ1) is 13.1. The first kappa shape index (κ1) is 18.9. The normalized spacial score (nSPS) is 17.2. The van der Waals surface area contributed by atoms with E-state index in [1.807, 2.05) is 17.0 Å². The van der Waals surface area contributed by atoms with E-state index in [2.05, 4.69) is 12.1 Å². The Morgan fingerprint density at radius 2 is 1.85 bits per heavy atom. The summed E-state index contributed by atoms with van der Waals surface area (Å²) >= 11 is 0. The van der Waals surface area contributed by atoms with E-state index in [0.717, 1.165) is 37.1 Å². The zero-order chi connectivity index (χ0) is 19.2. The maximum atomic E-state index is 12.8. The van der Waals surface area contributed by atoms with Crippen LogP contribution in [0.25, 0.3) is 0 Å². The largest absolute Gasteiger partial charge is 0.497 e. The van der Waals surface area contributed by atoms with E-state index < -0.39 is 4.92 Å². The summed E-state index contributed by atoms with van der Waals surface area (Å²) in [5.41, 5.74) is 2.07. The minimum absolute atomic E-state index is 0.0422. The lowest BCUT2D eigenvalue weighted by Gasteiger charge is -2.25. The van der Waals surface area contributed by atoms with Crippen molar-refractivity contribution in [1.29, 1.82) is 0 Å². The van der Waals surface area contributed by atoms with Gasteiger partial charge in [0.25, 0.3) is 5.69 Å². The van der Waals surface area contributed by atoms with Crippen LogP contribution in [0.15, 0.2) is 48.5 Å². The van der Waals surface area contributed by atoms with Crippen LogP contribution in [0.3, 0.4) is 0 Å². The van der Waals surface area contributed by atoms with Gasteiger partial charge in [0, 0.05) is 31.1 Å². The molecule has 3 rings (SSSR count). The second-order valence-corrected chi connectivity index (χ2v) is 6.91. The van der Waals surface area contributed by atoms with E-state index in [9.17, 15) is 14.9 Å². The molecule has 0 bridgehead atoms. The molecule has 1 unspecified atom stereocenters. The van der Waals surface area contributed by atoms with Crippen molar-refractivity contribution in [2.45, 2.75) is 31.6 Å². The molecule has 0 saturated carbocycles. The quantitative estimate of drug-likeness (QED) is 0.592. The van der Waals surface area contributed by atoms with Crippen LogP contribution in [0.5, 0.6) is 5.75 Å². The summed E-state index contributed by atoms with van der Waals surface area (Å²) in [6.45, 7) is 1.47. The highest BCUT2D eigenvalue weighted by Gasteiger charge is 2.23. The number of hydrogen-bond donors (Lipinski definition) is 0. The van der Waals surface area contributed by atoms with Gasteiger partial charge in [0.2, 0.25) is 5.91 Å². The molecule has 6 heteroatoms. The fraction of sp³-hybridized carbons (Fsp3) is 0.381. The van der Waals surface area contributed by atoms with Crippen LogP contribution < -0.4 is 4.74 Å². The number of ether oxygens (including phenoxy) is 1. The van der Waals surface area contributed by atoms with E-state index in [4.69, 9.17) is 4.74 Å². The average Bonchev–Trinajstić information content (AvgIpc) is 2.95. The van der Waals surface area contributed by atoms with E-state index in [1.54, 1.807) is 19.2 Å². The summed E-state index contributed by atoms with van der Waals surface area (Å²) in [6, 6.07) is 14.3. The fourth-order valence-electron chi connectivity index (χ4n) is 3.54. The van der Waals surface area contributed by atoms with Gasteiger partial charge in [-0.15, -0.1) is 0 Å². The van der Waals surface area contributed by atoms with Gasteiger partial charge in [0.1, 0.15) is 5.75 Å². The van der Waals surface area contributed by atoms with Crippen molar-refractivity contribution in [2.24, 2.45) is 0 Å². The smallest absolute Gasteiger partial charge is 0.269 e. The molecule has 1 aliphatic heterocycles. The lowest BCUT2D eigenvalue weighted by molar-refractivity contribution is -0.384. The third-order valence-electron chi connectivity index (χ3n) is 5.11. The number of methoxy groups -OCH3 is 1. The highest BCUT2D eigenvalue weighted by atomic mass is 16.6. The number of carbonyl (C=O) groups is 1. The Kier molecular flexibility index (Phi) is 6.06. The third kappa shape index (κ3) is 4.84. The molecule has 0 spiro atoms. The minimum Gasteiger partial charge on any atom is -0.497 e. The van der Waals surface area contributed by atoms with Crippen molar-refractivity contribution in [3.05, 3.63) is 69.8 Å². The Bertz CT molecular complexity index is 787. The summed E-state index contributed by atoms with van der Waals surface area (Å²) in [5, 5.41) is 10.8. The molecular formula is C21H24N2O4. The summed E-state index contributed by atoms with van der Waals surface area (Å²) in [7, 11) is 1.65. The lowest BCUT2D eigenvalue weighted by atomic mass is 9.94. The monoisotopic (exact) mass is 368 g/mol. The molecular weight excluding hydrogens is 344 g/mol. The van der Waals surface area contributed by atoms with Crippen LogP contribution in [0.1, 0.15) is 36.3 Å². The molecule has 0 aliphatic carbocycles. The molecule has 2 aromatic rings. The predicted octanol–water partition coefficient (Wildman–Crippen LogP) is 3.94. The van der Waals surface area contributed by atoms with Gasteiger partial charge in [0.15, 0.2) is 0 Å². The molecule has 1 fully saturated rings. The number of carbonyl (C=O) groups excluding carboxylic acids is 1. The number of nitro benzene ring substituents is 1. The summed E-state index contributed by atoms with van der Waals surface area (Å²) in [6.07, 6.45) is 3.43. The standard InChI is InChI=1S/C21H24N2O4/c1-27-20-11-7-17(8-12-20)18-4-2-3-13-22(15-18)21(24)14-16-5-9-19(10-6-16)23(25)26/h5-12,18H,2-4,13-15H2,1H3. The van der Waals surface area contributed by atoms with Crippen LogP contribution in [-0.4, -0.2) is 35.9 Å². The molecule has 6 nitrogen and oxygen atoms in total. The summed E-state index contributed by atoms with van der Waals surface area (Å²) in [4.78, 5) is 25.0. The third-order valence-corrected chi connectivity index (χ3v) is 5.11. The van der Waals surface area contributed by atoms with Crippen LogP contribution in [0.2, 0.25) is 0 Å². The number of rotatable bonds is 5. The second-order valence-electron chi connectivity index (χ2n) is 6.91. The van der Waals surface area contributed by atoms with Gasteiger partial charge < -0.3 is 9.64 Å². The predicted molar refractivity (Wildman–Crippen MR) is 103 cm³/mol. The van der Waals surface area contributed by atoms with E-state index in [1.165, 1.54) is 17.7 Å². The number of nitrogens with zero attached hydrogens (tertiary/aromatic N) is 2. The topological polar surface area (TPSA) is 72.7 Å². The Morgan fingerprint density at radius 3 is 2.48 bits per heavy atom. The van der Waals surface area contributed by atoms with Gasteiger partial charge >= 0.3 is 0 Å². The Morgan fingerprint density at radius 1 is 1.15 bits per heavy atom. The lowest BCUT2D eigenvalue weighted by Crippen LogP contribution is -2.35. The first-order valence-electron chi connectivity index (χ1n) is 9.22.